The standard InChI is InChI=1S/C18H26N2O4/c1-18(2,3)24-17(21)20-11-14(12-20)19-7-6-13-4-5-15-16(10-13)23-9-8-22-15/h4-5,10,14,19H,6-9,11-12H2,1-3H3. The molecule has 0 aliphatic carbocycles. The van der Waals surface area contributed by atoms with Gasteiger partial charge in [0.05, 0.1) is 0 Å². The van der Waals surface area contributed by atoms with Crippen LogP contribution in [-0.4, -0.2) is 55.5 Å². The molecule has 1 fully saturated rings. The first-order chi connectivity index (χ1) is 11.4. The summed E-state index contributed by atoms with van der Waals surface area (Å²) < 4.78 is 16.5. The first-order valence-electron chi connectivity index (χ1n) is 8.50. The Morgan fingerprint density at radius 2 is 1.96 bits per heavy atom. The van der Waals surface area contributed by atoms with E-state index in [2.05, 4.69) is 11.4 Å². The van der Waals surface area contributed by atoms with E-state index in [-0.39, 0.29) is 6.09 Å². The molecular formula is C18H26N2O4. The highest BCUT2D eigenvalue weighted by molar-refractivity contribution is 5.69. The van der Waals surface area contributed by atoms with Crippen LogP contribution in [0.1, 0.15) is 26.3 Å². The summed E-state index contributed by atoms with van der Waals surface area (Å²) >= 11 is 0. The molecular weight excluding hydrogens is 308 g/mol. The van der Waals surface area contributed by atoms with Gasteiger partial charge in [0.15, 0.2) is 11.5 Å². The fraction of sp³-hybridized carbons (Fsp3) is 0.611. The minimum Gasteiger partial charge on any atom is -0.486 e. The van der Waals surface area contributed by atoms with E-state index in [0.29, 0.717) is 32.3 Å². The summed E-state index contributed by atoms with van der Waals surface area (Å²) in [5, 5.41) is 3.47. The van der Waals surface area contributed by atoms with Crippen molar-refractivity contribution in [3.8, 4) is 11.5 Å². The van der Waals surface area contributed by atoms with Crippen LogP contribution in [0, 0.1) is 0 Å². The molecule has 0 spiro atoms. The number of carbonyl (C=O) groups is 1. The van der Waals surface area contributed by atoms with Crippen LogP contribution >= 0.6 is 0 Å². The summed E-state index contributed by atoms with van der Waals surface area (Å²) in [5.41, 5.74) is 0.781. The van der Waals surface area contributed by atoms with E-state index < -0.39 is 5.60 Å². The summed E-state index contributed by atoms with van der Waals surface area (Å²) in [6, 6.07) is 6.43. The lowest BCUT2D eigenvalue weighted by Gasteiger charge is -2.40. The molecule has 1 amide bonds. The van der Waals surface area contributed by atoms with E-state index in [1.54, 1.807) is 4.90 Å². The van der Waals surface area contributed by atoms with E-state index in [9.17, 15) is 4.79 Å². The monoisotopic (exact) mass is 334 g/mol. The summed E-state index contributed by atoms with van der Waals surface area (Å²) in [6.07, 6.45) is 0.687. The fourth-order valence-corrected chi connectivity index (χ4v) is 2.75. The Labute approximate surface area is 143 Å². The maximum atomic E-state index is 11.9. The van der Waals surface area contributed by atoms with Crippen molar-refractivity contribution in [2.45, 2.75) is 38.8 Å². The SMILES string of the molecule is CC(C)(C)OC(=O)N1CC(NCCc2ccc3c(c2)OCCO3)C1. The minimum absolute atomic E-state index is 0.229. The summed E-state index contributed by atoms with van der Waals surface area (Å²) in [7, 11) is 0. The molecule has 2 heterocycles. The Morgan fingerprint density at radius 3 is 2.67 bits per heavy atom. The number of hydrogen-bond donors (Lipinski definition) is 1. The molecule has 132 valence electrons. The average molecular weight is 334 g/mol. The third kappa shape index (κ3) is 4.32. The summed E-state index contributed by atoms with van der Waals surface area (Å²) in [5.74, 6) is 1.66. The number of benzene rings is 1. The van der Waals surface area contributed by atoms with Gasteiger partial charge in [0.2, 0.25) is 0 Å². The van der Waals surface area contributed by atoms with Gasteiger partial charge in [0.25, 0.3) is 0 Å². The molecule has 1 N–H and O–H groups in total. The van der Waals surface area contributed by atoms with Crippen molar-refractivity contribution in [2.75, 3.05) is 32.8 Å². The second-order valence-electron chi connectivity index (χ2n) is 7.26. The van der Waals surface area contributed by atoms with E-state index in [0.717, 1.165) is 24.5 Å². The van der Waals surface area contributed by atoms with Gasteiger partial charge in [-0.05, 0) is 51.4 Å². The van der Waals surface area contributed by atoms with Crippen molar-refractivity contribution in [2.24, 2.45) is 0 Å². The van der Waals surface area contributed by atoms with Gasteiger partial charge >= 0.3 is 6.09 Å². The number of likely N-dealkylation sites (tertiary alicyclic amines) is 1. The lowest BCUT2D eigenvalue weighted by atomic mass is 10.1. The lowest BCUT2D eigenvalue weighted by Crippen LogP contribution is -2.60. The number of carbonyl (C=O) groups excluding carboxylic acids is 1. The van der Waals surface area contributed by atoms with Gasteiger partial charge in [-0.3, -0.25) is 0 Å². The number of fused-ring (bicyclic) bond motifs is 1. The first kappa shape index (κ1) is 16.9. The van der Waals surface area contributed by atoms with Crippen LogP contribution in [0.2, 0.25) is 0 Å². The molecule has 0 radical (unpaired) electrons. The van der Waals surface area contributed by atoms with E-state index in [1.807, 2.05) is 32.9 Å². The van der Waals surface area contributed by atoms with E-state index in [4.69, 9.17) is 14.2 Å². The number of hydrogen-bond acceptors (Lipinski definition) is 5. The number of amides is 1. The maximum Gasteiger partial charge on any atom is 0.410 e. The average Bonchev–Trinajstić information content (AvgIpc) is 2.47. The predicted molar refractivity (Wildman–Crippen MR) is 90.7 cm³/mol. The second kappa shape index (κ2) is 6.89. The zero-order valence-electron chi connectivity index (χ0n) is 14.6. The van der Waals surface area contributed by atoms with Gasteiger partial charge < -0.3 is 24.4 Å². The molecule has 6 nitrogen and oxygen atoms in total. The van der Waals surface area contributed by atoms with E-state index in [1.165, 1.54) is 5.56 Å². The van der Waals surface area contributed by atoms with Gasteiger partial charge in [0, 0.05) is 19.1 Å². The summed E-state index contributed by atoms with van der Waals surface area (Å²) in [4.78, 5) is 13.6. The van der Waals surface area contributed by atoms with Gasteiger partial charge in [-0.2, -0.15) is 0 Å². The Hall–Kier alpha value is -1.95. The maximum absolute atomic E-state index is 11.9. The molecule has 2 aliphatic rings. The Balaban J connectivity index is 1.37. The first-order valence-corrected chi connectivity index (χ1v) is 8.50. The molecule has 0 atom stereocenters. The van der Waals surface area contributed by atoms with Crippen molar-refractivity contribution in [1.82, 2.24) is 10.2 Å². The predicted octanol–water partition coefficient (Wildman–Crippen LogP) is 2.21. The number of rotatable bonds is 4. The van der Waals surface area contributed by atoms with Crippen molar-refractivity contribution >= 4 is 6.09 Å². The Bertz CT molecular complexity index is 591. The zero-order chi connectivity index (χ0) is 17.2. The topological polar surface area (TPSA) is 60.0 Å². The second-order valence-corrected chi connectivity index (χ2v) is 7.26. The highest BCUT2D eigenvalue weighted by Gasteiger charge is 2.33. The summed E-state index contributed by atoms with van der Waals surface area (Å²) in [6.45, 7) is 9.15. The zero-order valence-corrected chi connectivity index (χ0v) is 14.6. The lowest BCUT2D eigenvalue weighted by molar-refractivity contribution is 0.00542. The molecule has 0 aromatic heterocycles. The molecule has 1 aromatic rings. The van der Waals surface area contributed by atoms with Gasteiger partial charge in [-0.1, -0.05) is 6.07 Å². The van der Waals surface area contributed by atoms with Crippen molar-refractivity contribution in [3.05, 3.63) is 23.8 Å². The molecule has 2 aliphatic heterocycles. The van der Waals surface area contributed by atoms with Crippen LogP contribution in [0.4, 0.5) is 4.79 Å². The highest BCUT2D eigenvalue weighted by atomic mass is 16.6. The Morgan fingerprint density at radius 1 is 1.25 bits per heavy atom. The van der Waals surface area contributed by atoms with Crippen molar-refractivity contribution in [3.63, 3.8) is 0 Å². The molecule has 0 unspecified atom stereocenters. The molecule has 0 saturated carbocycles. The minimum atomic E-state index is -0.437. The highest BCUT2D eigenvalue weighted by Crippen LogP contribution is 2.30. The van der Waals surface area contributed by atoms with Crippen LogP contribution in [0.5, 0.6) is 11.5 Å². The molecule has 1 aromatic carbocycles. The van der Waals surface area contributed by atoms with Crippen LogP contribution in [0.3, 0.4) is 0 Å². The number of nitrogens with one attached hydrogen (secondary N) is 1. The van der Waals surface area contributed by atoms with Crippen molar-refractivity contribution < 1.29 is 19.0 Å². The number of nitrogens with zero attached hydrogens (tertiary/aromatic N) is 1. The third-order valence-electron chi connectivity index (χ3n) is 3.99. The van der Waals surface area contributed by atoms with Crippen LogP contribution in [0.25, 0.3) is 0 Å². The quantitative estimate of drug-likeness (QED) is 0.915. The van der Waals surface area contributed by atoms with Gasteiger partial charge in [0.1, 0.15) is 18.8 Å². The molecule has 1 saturated heterocycles. The molecule has 24 heavy (non-hydrogen) atoms. The van der Waals surface area contributed by atoms with Crippen LogP contribution in [-0.2, 0) is 11.2 Å². The smallest absolute Gasteiger partial charge is 0.410 e. The molecule has 6 heteroatoms. The van der Waals surface area contributed by atoms with Gasteiger partial charge in [-0.25, -0.2) is 4.79 Å². The third-order valence-corrected chi connectivity index (χ3v) is 3.99. The normalized spacial score (nSPS) is 17.4. The Kier molecular flexibility index (Phi) is 4.85. The molecule has 3 rings (SSSR count). The van der Waals surface area contributed by atoms with E-state index >= 15 is 0 Å². The van der Waals surface area contributed by atoms with Crippen molar-refractivity contribution in [1.29, 1.82) is 0 Å². The number of ether oxygens (including phenoxy) is 3. The fourth-order valence-electron chi connectivity index (χ4n) is 2.75. The van der Waals surface area contributed by atoms with Crippen LogP contribution in [0.15, 0.2) is 18.2 Å². The molecule has 0 bridgehead atoms. The largest absolute Gasteiger partial charge is 0.486 e. The van der Waals surface area contributed by atoms with Crippen LogP contribution < -0.4 is 14.8 Å². The van der Waals surface area contributed by atoms with Gasteiger partial charge in [-0.15, -0.1) is 0 Å².